The smallest absolute Gasteiger partial charge is 0.320 e. The molecule has 0 fully saturated rings. The standard InChI is InChI=1S/C13H17NO4.C9H11NO2/c15-12(16)8-9-14-11(13(17)18)7-6-10-4-2-1-3-5-10;10-8(9(11)12)6-7-4-2-1-3-5-7/h1-5,11,14H,6-9H2,(H,15,16)(H,17,18);1-5,8H,6,10H2,(H,11,12)/t11-;8-/m10/s1. The van der Waals surface area contributed by atoms with Gasteiger partial charge < -0.3 is 26.4 Å². The van der Waals surface area contributed by atoms with Crippen molar-refractivity contribution in [3.63, 3.8) is 0 Å². The van der Waals surface area contributed by atoms with Crippen LogP contribution in [0.1, 0.15) is 24.0 Å². The van der Waals surface area contributed by atoms with Crippen LogP contribution in [0.3, 0.4) is 0 Å². The Morgan fingerprint density at radius 1 is 0.833 bits per heavy atom. The molecular weight excluding hydrogens is 388 g/mol. The monoisotopic (exact) mass is 416 g/mol. The van der Waals surface area contributed by atoms with Gasteiger partial charge >= 0.3 is 17.9 Å². The molecule has 0 aliphatic rings. The van der Waals surface area contributed by atoms with Gasteiger partial charge in [-0.2, -0.15) is 0 Å². The summed E-state index contributed by atoms with van der Waals surface area (Å²) in [5.74, 6) is -2.84. The fraction of sp³-hybridized carbons (Fsp3) is 0.318. The van der Waals surface area contributed by atoms with Crippen LogP contribution in [0.4, 0.5) is 0 Å². The van der Waals surface area contributed by atoms with Crippen LogP contribution in [0.15, 0.2) is 60.7 Å². The lowest BCUT2D eigenvalue weighted by Gasteiger charge is -2.13. The van der Waals surface area contributed by atoms with Crippen LogP contribution in [0.2, 0.25) is 0 Å². The van der Waals surface area contributed by atoms with Crippen LogP contribution >= 0.6 is 0 Å². The van der Waals surface area contributed by atoms with Crippen molar-refractivity contribution in [3.05, 3.63) is 71.8 Å². The van der Waals surface area contributed by atoms with Gasteiger partial charge in [-0.25, -0.2) is 0 Å². The number of nitrogens with two attached hydrogens (primary N) is 1. The second-order valence-electron chi connectivity index (χ2n) is 6.65. The highest BCUT2D eigenvalue weighted by Gasteiger charge is 2.16. The molecule has 2 aromatic rings. The molecule has 0 saturated heterocycles. The summed E-state index contributed by atoms with van der Waals surface area (Å²) in [6.45, 7) is 0.168. The maximum atomic E-state index is 11.0. The number of aryl methyl sites for hydroxylation is 1. The third kappa shape index (κ3) is 10.9. The predicted molar refractivity (Wildman–Crippen MR) is 112 cm³/mol. The van der Waals surface area contributed by atoms with Crippen molar-refractivity contribution in [1.82, 2.24) is 5.32 Å². The lowest BCUT2D eigenvalue weighted by atomic mass is 10.1. The Bertz CT molecular complexity index is 783. The van der Waals surface area contributed by atoms with Crippen molar-refractivity contribution in [2.75, 3.05) is 6.54 Å². The third-order valence-corrected chi connectivity index (χ3v) is 4.21. The molecule has 0 unspecified atom stereocenters. The van der Waals surface area contributed by atoms with Gasteiger partial charge in [0.05, 0.1) is 6.42 Å². The maximum Gasteiger partial charge on any atom is 0.320 e. The van der Waals surface area contributed by atoms with E-state index in [1.165, 1.54) is 0 Å². The lowest BCUT2D eigenvalue weighted by molar-refractivity contribution is -0.141. The zero-order chi connectivity index (χ0) is 22.4. The fourth-order valence-corrected chi connectivity index (χ4v) is 2.58. The lowest BCUT2D eigenvalue weighted by Crippen LogP contribution is -2.38. The van der Waals surface area contributed by atoms with E-state index in [1.54, 1.807) is 0 Å². The minimum absolute atomic E-state index is 0.0743. The first-order valence-electron chi connectivity index (χ1n) is 9.53. The highest BCUT2D eigenvalue weighted by molar-refractivity contribution is 5.74. The van der Waals surface area contributed by atoms with E-state index in [2.05, 4.69) is 5.32 Å². The highest BCUT2D eigenvalue weighted by Crippen LogP contribution is 2.05. The Labute approximate surface area is 175 Å². The van der Waals surface area contributed by atoms with Gasteiger partial charge in [-0.05, 0) is 30.4 Å². The summed E-state index contributed by atoms with van der Waals surface area (Å²) < 4.78 is 0. The van der Waals surface area contributed by atoms with Gasteiger partial charge in [0, 0.05) is 6.54 Å². The number of carboxylic acid groups (broad SMARTS) is 3. The maximum absolute atomic E-state index is 11.0. The molecule has 6 N–H and O–H groups in total. The van der Waals surface area contributed by atoms with Crippen molar-refractivity contribution >= 4 is 17.9 Å². The second kappa shape index (κ2) is 13.9. The van der Waals surface area contributed by atoms with Crippen molar-refractivity contribution in [1.29, 1.82) is 0 Å². The molecule has 0 aliphatic carbocycles. The first-order valence-corrected chi connectivity index (χ1v) is 9.53. The van der Waals surface area contributed by atoms with Gasteiger partial charge in [0.25, 0.3) is 0 Å². The van der Waals surface area contributed by atoms with E-state index in [-0.39, 0.29) is 13.0 Å². The van der Waals surface area contributed by atoms with Crippen LogP contribution in [0.25, 0.3) is 0 Å². The SMILES string of the molecule is N[C@@H](Cc1ccccc1)C(=O)O.O=C(O)CCN[C@H](CCc1ccccc1)C(=O)O. The molecule has 162 valence electrons. The molecule has 8 nitrogen and oxygen atoms in total. The summed E-state index contributed by atoms with van der Waals surface area (Å²) in [5.41, 5.74) is 7.37. The summed E-state index contributed by atoms with van der Waals surface area (Å²) in [5, 5.41) is 28.8. The minimum atomic E-state index is -0.959. The van der Waals surface area contributed by atoms with E-state index < -0.39 is 30.0 Å². The number of carboxylic acids is 3. The van der Waals surface area contributed by atoms with Crippen LogP contribution in [0.5, 0.6) is 0 Å². The molecule has 8 heteroatoms. The number of hydrogen-bond donors (Lipinski definition) is 5. The molecule has 30 heavy (non-hydrogen) atoms. The first-order chi connectivity index (χ1) is 14.3. The molecule has 0 heterocycles. The Balaban J connectivity index is 0.000000325. The van der Waals surface area contributed by atoms with Crippen molar-refractivity contribution in [2.45, 2.75) is 37.8 Å². The average molecular weight is 416 g/mol. The molecule has 0 amide bonds. The molecule has 0 spiro atoms. The number of nitrogens with one attached hydrogen (secondary N) is 1. The Kier molecular flexibility index (Phi) is 11.5. The number of rotatable bonds is 11. The molecule has 0 saturated carbocycles. The minimum Gasteiger partial charge on any atom is -0.481 e. The molecule has 2 atom stereocenters. The number of aliphatic carboxylic acids is 3. The topological polar surface area (TPSA) is 150 Å². The summed E-state index contributed by atoms with van der Waals surface area (Å²) in [6.07, 6.45) is 1.40. The fourth-order valence-electron chi connectivity index (χ4n) is 2.58. The Morgan fingerprint density at radius 2 is 1.37 bits per heavy atom. The molecule has 0 radical (unpaired) electrons. The predicted octanol–water partition coefficient (Wildman–Crippen LogP) is 1.78. The molecule has 0 bridgehead atoms. The van der Waals surface area contributed by atoms with E-state index in [0.717, 1.165) is 11.1 Å². The van der Waals surface area contributed by atoms with Gasteiger partial charge in [-0.15, -0.1) is 0 Å². The van der Waals surface area contributed by atoms with Crippen molar-refractivity contribution < 1.29 is 29.7 Å². The van der Waals surface area contributed by atoms with Crippen molar-refractivity contribution in [3.8, 4) is 0 Å². The number of benzene rings is 2. The van der Waals surface area contributed by atoms with Gasteiger partial charge in [-0.3, -0.25) is 14.4 Å². The number of carbonyl (C=O) groups is 3. The van der Waals surface area contributed by atoms with Crippen LogP contribution in [0, 0.1) is 0 Å². The van der Waals surface area contributed by atoms with Crippen LogP contribution in [-0.2, 0) is 27.2 Å². The molecular formula is C22H28N2O6. The van der Waals surface area contributed by atoms with Crippen LogP contribution < -0.4 is 11.1 Å². The van der Waals surface area contributed by atoms with E-state index in [4.69, 9.17) is 21.1 Å². The van der Waals surface area contributed by atoms with E-state index in [9.17, 15) is 14.4 Å². The first kappa shape index (κ1) is 24.8. The van der Waals surface area contributed by atoms with Gasteiger partial charge in [0.15, 0.2) is 0 Å². The van der Waals surface area contributed by atoms with E-state index in [0.29, 0.717) is 19.3 Å². The highest BCUT2D eigenvalue weighted by atomic mass is 16.4. The van der Waals surface area contributed by atoms with Gasteiger partial charge in [-0.1, -0.05) is 60.7 Å². The zero-order valence-corrected chi connectivity index (χ0v) is 16.6. The molecule has 0 aliphatic heterocycles. The van der Waals surface area contributed by atoms with Crippen molar-refractivity contribution in [2.24, 2.45) is 5.73 Å². The third-order valence-electron chi connectivity index (χ3n) is 4.21. The normalized spacial score (nSPS) is 12.2. The summed E-state index contributed by atoms with van der Waals surface area (Å²) in [7, 11) is 0. The summed E-state index contributed by atoms with van der Waals surface area (Å²) in [6, 6.07) is 17.4. The largest absolute Gasteiger partial charge is 0.481 e. The number of hydrogen-bond acceptors (Lipinski definition) is 5. The Morgan fingerprint density at radius 3 is 1.83 bits per heavy atom. The quantitative estimate of drug-likeness (QED) is 0.372. The summed E-state index contributed by atoms with van der Waals surface area (Å²) in [4.78, 5) is 31.7. The zero-order valence-electron chi connectivity index (χ0n) is 16.6. The van der Waals surface area contributed by atoms with E-state index in [1.807, 2.05) is 60.7 Å². The van der Waals surface area contributed by atoms with Gasteiger partial charge in [0.1, 0.15) is 12.1 Å². The Hall–Kier alpha value is -3.23. The molecule has 0 aromatic heterocycles. The molecule has 2 aromatic carbocycles. The molecule has 2 rings (SSSR count). The van der Waals surface area contributed by atoms with Crippen LogP contribution in [-0.4, -0.2) is 51.9 Å². The van der Waals surface area contributed by atoms with E-state index >= 15 is 0 Å². The van der Waals surface area contributed by atoms with Gasteiger partial charge in [0.2, 0.25) is 0 Å². The average Bonchev–Trinajstić information content (AvgIpc) is 2.72. The second-order valence-corrected chi connectivity index (χ2v) is 6.65. The summed E-state index contributed by atoms with van der Waals surface area (Å²) >= 11 is 0.